The highest BCUT2D eigenvalue weighted by Crippen LogP contribution is 2.31. The molecule has 4 aromatic rings. The number of benzene rings is 1. The van der Waals surface area contributed by atoms with Gasteiger partial charge >= 0.3 is 0 Å². The number of nitrogens with two attached hydrogens (primary N) is 1. The Balaban J connectivity index is 1.36. The lowest BCUT2D eigenvalue weighted by Crippen LogP contribution is -2.28. The number of nitriles is 1. The lowest BCUT2D eigenvalue weighted by molar-refractivity contribution is 0.190. The summed E-state index contributed by atoms with van der Waals surface area (Å²) in [6.45, 7) is 6.03. The number of hydrogen-bond donors (Lipinski definition) is 2. The Morgan fingerprint density at radius 2 is 1.94 bits per heavy atom. The molecule has 1 aromatic carbocycles. The van der Waals surface area contributed by atoms with Gasteiger partial charge in [-0.15, -0.1) is 0 Å². The van der Waals surface area contributed by atoms with Crippen molar-refractivity contribution in [3.63, 3.8) is 0 Å². The van der Waals surface area contributed by atoms with Gasteiger partial charge in [0, 0.05) is 42.6 Å². The molecule has 9 heteroatoms. The number of pyridine rings is 1. The Morgan fingerprint density at radius 1 is 1.11 bits per heavy atom. The molecule has 3 N–H and O–H groups in total. The summed E-state index contributed by atoms with van der Waals surface area (Å²) in [6.07, 6.45) is 4.31. The van der Waals surface area contributed by atoms with Crippen molar-refractivity contribution < 1.29 is 9.26 Å². The molecule has 5 rings (SSSR count). The number of anilines is 1. The number of nitrogen functional groups attached to an aromatic ring is 1. The minimum absolute atomic E-state index is 0.241. The van der Waals surface area contributed by atoms with Gasteiger partial charge in [-0.3, -0.25) is 4.98 Å². The van der Waals surface area contributed by atoms with E-state index in [1.54, 1.807) is 12.4 Å². The summed E-state index contributed by atoms with van der Waals surface area (Å²) in [4.78, 5) is 13.4. The van der Waals surface area contributed by atoms with Crippen LogP contribution < -0.4 is 11.1 Å². The lowest BCUT2D eigenvalue weighted by Gasteiger charge is -2.15. The Kier molecular flexibility index (Phi) is 6.46. The van der Waals surface area contributed by atoms with E-state index in [1.807, 2.05) is 44.2 Å². The summed E-state index contributed by atoms with van der Waals surface area (Å²) >= 11 is 0. The average molecular weight is 482 g/mol. The first-order valence-electron chi connectivity index (χ1n) is 11.8. The zero-order chi connectivity index (χ0) is 25.1. The van der Waals surface area contributed by atoms with E-state index in [4.69, 9.17) is 20.0 Å². The zero-order valence-electron chi connectivity index (χ0n) is 20.2. The van der Waals surface area contributed by atoms with Crippen LogP contribution in [-0.4, -0.2) is 39.4 Å². The second-order valence-corrected chi connectivity index (χ2v) is 9.37. The summed E-state index contributed by atoms with van der Waals surface area (Å²) in [5.74, 6) is 0.667. The second-order valence-electron chi connectivity index (χ2n) is 9.37. The Labute approximate surface area is 209 Å². The van der Waals surface area contributed by atoms with E-state index in [0.29, 0.717) is 34.6 Å². The summed E-state index contributed by atoms with van der Waals surface area (Å²) in [6, 6.07) is 16.4. The molecule has 1 aliphatic heterocycles. The van der Waals surface area contributed by atoms with Crippen molar-refractivity contribution in [3.8, 4) is 40.0 Å². The maximum absolute atomic E-state index is 9.46. The van der Waals surface area contributed by atoms with Crippen LogP contribution in [0.15, 0.2) is 59.4 Å². The Bertz CT molecular complexity index is 1400. The average Bonchev–Trinajstić information content (AvgIpc) is 3.61. The minimum atomic E-state index is -0.726. The van der Waals surface area contributed by atoms with E-state index in [0.717, 1.165) is 37.3 Å². The first-order chi connectivity index (χ1) is 17.4. The maximum atomic E-state index is 9.46. The molecular weight excluding hydrogens is 454 g/mol. The van der Waals surface area contributed by atoms with Crippen LogP contribution in [0, 0.1) is 11.3 Å². The van der Waals surface area contributed by atoms with Crippen LogP contribution in [-0.2, 0) is 16.7 Å². The van der Waals surface area contributed by atoms with Gasteiger partial charge in [-0.1, -0.05) is 29.4 Å². The first-order valence-corrected chi connectivity index (χ1v) is 11.8. The molecule has 3 aromatic heterocycles. The molecule has 36 heavy (non-hydrogen) atoms. The van der Waals surface area contributed by atoms with E-state index < -0.39 is 5.41 Å². The van der Waals surface area contributed by atoms with Gasteiger partial charge in [0.1, 0.15) is 5.69 Å². The minimum Gasteiger partial charge on any atom is -0.382 e. The first kappa shape index (κ1) is 23.6. The fourth-order valence-corrected chi connectivity index (χ4v) is 3.98. The van der Waals surface area contributed by atoms with Gasteiger partial charge < -0.3 is 20.3 Å². The van der Waals surface area contributed by atoms with Crippen LogP contribution in [0.25, 0.3) is 34.0 Å². The van der Waals surface area contributed by atoms with Gasteiger partial charge in [0.25, 0.3) is 0 Å². The number of rotatable bonds is 7. The highest BCUT2D eigenvalue weighted by molar-refractivity contribution is 5.73. The van der Waals surface area contributed by atoms with Crippen molar-refractivity contribution in [1.29, 1.82) is 5.26 Å². The van der Waals surface area contributed by atoms with Crippen molar-refractivity contribution in [2.75, 3.05) is 18.9 Å². The van der Waals surface area contributed by atoms with Crippen LogP contribution in [0.2, 0.25) is 0 Å². The Hall–Kier alpha value is -4.13. The van der Waals surface area contributed by atoms with Crippen LogP contribution in [0.1, 0.15) is 31.5 Å². The van der Waals surface area contributed by atoms with E-state index in [1.165, 1.54) is 5.56 Å². The third-order valence-electron chi connectivity index (χ3n) is 6.29. The van der Waals surface area contributed by atoms with Gasteiger partial charge in [-0.05, 0) is 38.0 Å². The fraction of sp³-hybridized carbons (Fsp3) is 0.296. The predicted octanol–water partition coefficient (Wildman–Crippen LogP) is 4.12. The molecular formula is C27H27N7O2. The van der Waals surface area contributed by atoms with Crippen molar-refractivity contribution in [1.82, 2.24) is 25.4 Å². The van der Waals surface area contributed by atoms with E-state index in [2.05, 4.69) is 38.6 Å². The summed E-state index contributed by atoms with van der Waals surface area (Å²) in [5.41, 5.74) is 10.7. The maximum Gasteiger partial charge on any atom is 0.189 e. The van der Waals surface area contributed by atoms with Gasteiger partial charge in [0.15, 0.2) is 17.3 Å². The second kappa shape index (κ2) is 9.85. The summed E-state index contributed by atoms with van der Waals surface area (Å²) in [5, 5.41) is 17.2. The van der Waals surface area contributed by atoms with Gasteiger partial charge in [-0.25, -0.2) is 9.97 Å². The zero-order valence-corrected chi connectivity index (χ0v) is 20.2. The number of nitrogens with one attached hydrogen (secondary N) is 1. The molecule has 0 aliphatic carbocycles. The number of ether oxygens (including phenoxy) is 1. The normalized spacial score (nSPS) is 15.6. The molecule has 0 spiro atoms. The molecule has 1 fully saturated rings. The van der Waals surface area contributed by atoms with Gasteiger partial charge in [-0.2, -0.15) is 5.26 Å². The molecule has 1 atom stereocenters. The van der Waals surface area contributed by atoms with Gasteiger partial charge in [0.2, 0.25) is 0 Å². The summed E-state index contributed by atoms with van der Waals surface area (Å²) < 4.78 is 11.0. The molecule has 0 unspecified atom stereocenters. The monoisotopic (exact) mass is 481 g/mol. The standard InChI is InChI=1S/C27H27N7O2/c1-27(2,16-28)24-11-19(7-9-30-24)22-14-32-26(29)25(33-22)23-12-21(34-36-23)18-5-3-17(4-6-18)13-31-20-8-10-35-15-20/h3-7,9,11-12,14,20,31H,8,10,13,15H2,1-2H3,(H2,29,32)/t20-/m1/s1. The molecule has 0 bridgehead atoms. The predicted molar refractivity (Wildman–Crippen MR) is 135 cm³/mol. The highest BCUT2D eigenvalue weighted by Gasteiger charge is 2.22. The van der Waals surface area contributed by atoms with Crippen molar-refractivity contribution >= 4 is 5.82 Å². The molecule has 1 aliphatic rings. The molecule has 9 nitrogen and oxygen atoms in total. The Morgan fingerprint density at radius 3 is 2.69 bits per heavy atom. The van der Waals surface area contributed by atoms with E-state index in [9.17, 15) is 5.26 Å². The molecule has 4 heterocycles. The molecule has 1 saturated heterocycles. The van der Waals surface area contributed by atoms with Crippen LogP contribution in [0.3, 0.4) is 0 Å². The number of aromatic nitrogens is 4. The third kappa shape index (κ3) is 4.96. The van der Waals surface area contributed by atoms with Crippen LogP contribution >= 0.6 is 0 Å². The van der Waals surface area contributed by atoms with E-state index in [-0.39, 0.29) is 5.82 Å². The van der Waals surface area contributed by atoms with Crippen molar-refractivity contribution in [3.05, 3.63) is 66.1 Å². The van der Waals surface area contributed by atoms with Crippen LogP contribution in [0.5, 0.6) is 0 Å². The molecule has 0 saturated carbocycles. The summed E-state index contributed by atoms with van der Waals surface area (Å²) in [7, 11) is 0. The fourth-order valence-electron chi connectivity index (χ4n) is 3.98. The van der Waals surface area contributed by atoms with Crippen molar-refractivity contribution in [2.24, 2.45) is 0 Å². The van der Waals surface area contributed by atoms with Crippen LogP contribution in [0.4, 0.5) is 5.82 Å². The largest absolute Gasteiger partial charge is 0.382 e. The quantitative estimate of drug-likeness (QED) is 0.399. The molecule has 182 valence electrons. The third-order valence-corrected chi connectivity index (χ3v) is 6.29. The molecule has 0 amide bonds. The number of nitrogens with zero attached hydrogens (tertiary/aromatic N) is 5. The lowest BCUT2D eigenvalue weighted by atomic mass is 9.90. The van der Waals surface area contributed by atoms with Gasteiger partial charge in [0.05, 0.1) is 35.7 Å². The van der Waals surface area contributed by atoms with E-state index >= 15 is 0 Å². The van der Waals surface area contributed by atoms with Crippen molar-refractivity contribution in [2.45, 2.75) is 38.3 Å². The smallest absolute Gasteiger partial charge is 0.189 e. The SMILES string of the molecule is CC(C)(C#N)c1cc(-c2cnc(N)c(-c3cc(-c4ccc(CN[C@@H]5CCOC5)cc4)no3)n2)ccn1. The topological polar surface area (TPSA) is 136 Å². The molecule has 0 radical (unpaired) electrons. The highest BCUT2D eigenvalue weighted by atomic mass is 16.5. The number of hydrogen-bond acceptors (Lipinski definition) is 9.